The van der Waals surface area contributed by atoms with Crippen LogP contribution in [0.5, 0.6) is 0 Å². The van der Waals surface area contributed by atoms with Crippen molar-refractivity contribution in [3.63, 3.8) is 0 Å². The monoisotopic (exact) mass is 428 g/mol. The first-order chi connectivity index (χ1) is 14.3. The van der Waals surface area contributed by atoms with E-state index in [4.69, 9.17) is 14.9 Å². The lowest BCUT2D eigenvalue weighted by atomic mass is 9.94. The highest BCUT2D eigenvalue weighted by atomic mass is 32.2. The van der Waals surface area contributed by atoms with Crippen LogP contribution in [0.4, 0.5) is 5.69 Å². The first-order valence-corrected chi connectivity index (χ1v) is 11.4. The van der Waals surface area contributed by atoms with Gasteiger partial charge < -0.3 is 5.73 Å². The maximum atomic E-state index is 11.6. The zero-order chi connectivity index (χ0) is 22.1. The summed E-state index contributed by atoms with van der Waals surface area (Å²) in [6, 6.07) is 7.52. The van der Waals surface area contributed by atoms with Crippen LogP contribution in [0.15, 0.2) is 52.6 Å². The fraction of sp³-hybridized carbons (Fsp3) is 0.318. The Morgan fingerprint density at radius 2 is 1.83 bits per heavy atom. The van der Waals surface area contributed by atoms with E-state index in [1.807, 2.05) is 18.2 Å². The average Bonchev–Trinajstić information content (AvgIpc) is 2.88. The molecule has 3 rings (SSSR count). The maximum Gasteiger partial charge on any atom is 0.239 e. The normalized spacial score (nSPS) is 15.3. The van der Waals surface area contributed by atoms with Gasteiger partial charge in [-0.15, -0.1) is 0 Å². The second kappa shape index (κ2) is 10.8. The number of rotatable bonds is 6. The molecule has 0 fully saturated rings. The highest BCUT2D eigenvalue weighted by molar-refractivity contribution is 7.89. The van der Waals surface area contributed by atoms with Gasteiger partial charge in [-0.2, -0.15) is 0 Å². The third-order valence-electron chi connectivity index (χ3n) is 4.71. The van der Waals surface area contributed by atoms with E-state index >= 15 is 0 Å². The molecule has 0 aliphatic carbocycles. The van der Waals surface area contributed by atoms with Crippen LogP contribution in [0.2, 0.25) is 0 Å². The van der Waals surface area contributed by atoms with Gasteiger partial charge in [-0.3, -0.25) is 14.8 Å². The number of aromatic nitrogens is 1. The Morgan fingerprint density at radius 3 is 2.47 bits per heavy atom. The van der Waals surface area contributed by atoms with Crippen LogP contribution in [-0.2, 0) is 14.8 Å². The van der Waals surface area contributed by atoms with Gasteiger partial charge in [0.2, 0.25) is 16.4 Å². The molecule has 1 unspecified atom stereocenters. The van der Waals surface area contributed by atoms with E-state index < -0.39 is 10.0 Å². The van der Waals surface area contributed by atoms with Crippen LogP contribution >= 0.6 is 0 Å². The van der Waals surface area contributed by atoms with E-state index in [1.54, 1.807) is 12.3 Å². The van der Waals surface area contributed by atoms with Gasteiger partial charge in [-0.25, -0.2) is 13.6 Å². The number of allylic oxidation sites excluding steroid dienone is 1. The number of nitrogens with zero attached hydrogens (tertiary/aromatic N) is 2. The second-order valence-electron chi connectivity index (χ2n) is 6.97. The van der Waals surface area contributed by atoms with E-state index in [9.17, 15) is 8.42 Å². The van der Waals surface area contributed by atoms with Gasteiger partial charge in [0, 0.05) is 29.6 Å². The summed E-state index contributed by atoms with van der Waals surface area (Å²) in [5.74, 6) is 0.373. The number of pyridine rings is 1. The number of hydrogen-bond donors (Lipinski definition) is 2. The standard InChI is InChI=1S/C21H25N3O2S.CH3NO/c1-3-5-15-7-8-16-9-10-17(12-21(16)24-20(15)6-4-2)18-11-19(14-23-13-18)27(22,25)26;2-1-3/h7-15H,3-6H2,1-2H3,(H2,22,25,26);1H,(H2,2,3). The Labute approximate surface area is 178 Å². The fourth-order valence-electron chi connectivity index (χ4n) is 3.33. The summed E-state index contributed by atoms with van der Waals surface area (Å²) < 4.78 is 23.2. The van der Waals surface area contributed by atoms with E-state index in [2.05, 4.69) is 36.7 Å². The van der Waals surface area contributed by atoms with Gasteiger partial charge in [-0.05, 0) is 36.1 Å². The molecule has 1 atom stereocenters. The molecule has 1 aliphatic heterocycles. The molecular weight excluding hydrogens is 400 g/mol. The molecule has 0 saturated carbocycles. The molecular formula is C22H28N4O3S. The van der Waals surface area contributed by atoms with Crippen molar-refractivity contribution in [3.05, 3.63) is 48.3 Å². The molecule has 1 aliphatic rings. The number of fused-ring (bicyclic) bond motifs is 1. The minimum atomic E-state index is -3.79. The number of primary amides is 1. The highest BCUT2D eigenvalue weighted by Crippen LogP contribution is 2.33. The van der Waals surface area contributed by atoms with Gasteiger partial charge in [0.1, 0.15) is 4.90 Å². The van der Waals surface area contributed by atoms with Crippen LogP contribution in [0, 0.1) is 5.92 Å². The zero-order valence-electron chi connectivity index (χ0n) is 17.3. The molecule has 1 aromatic carbocycles. The van der Waals surface area contributed by atoms with Crippen LogP contribution in [0.25, 0.3) is 17.2 Å². The third kappa shape index (κ3) is 6.08. The highest BCUT2D eigenvalue weighted by Gasteiger charge is 2.17. The smallest absolute Gasteiger partial charge is 0.239 e. The van der Waals surface area contributed by atoms with Gasteiger partial charge in [0.05, 0.1) is 5.69 Å². The number of hydrogen-bond acceptors (Lipinski definition) is 5. The molecule has 0 bridgehead atoms. The summed E-state index contributed by atoms with van der Waals surface area (Å²) in [6.07, 6.45) is 11.8. The summed E-state index contributed by atoms with van der Waals surface area (Å²) in [4.78, 5) is 17.6. The molecule has 2 aromatic rings. The lowest BCUT2D eigenvalue weighted by Crippen LogP contribution is -2.12. The van der Waals surface area contributed by atoms with Gasteiger partial charge in [-0.1, -0.05) is 51.0 Å². The van der Waals surface area contributed by atoms with Crippen LogP contribution < -0.4 is 10.9 Å². The Morgan fingerprint density at radius 1 is 1.10 bits per heavy atom. The van der Waals surface area contributed by atoms with Gasteiger partial charge >= 0.3 is 0 Å². The molecule has 0 spiro atoms. The van der Waals surface area contributed by atoms with Crippen LogP contribution in [-0.4, -0.2) is 25.5 Å². The predicted molar refractivity (Wildman–Crippen MR) is 121 cm³/mol. The molecule has 1 aromatic heterocycles. The molecule has 160 valence electrons. The van der Waals surface area contributed by atoms with E-state index in [0.29, 0.717) is 11.5 Å². The SMILES string of the molecule is CCCC1=Nc2cc(-c3cncc(S(N)(=O)=O)c3)ccc2C=CC1CCC.NC=O. The van der Waals surface area contributed by atoms with Crippen molar-refractivity contribution in [2.75, 3.05) is 0 Å². The lowest BCUT2D eigenvalue weighted by Gasteiger charge is -2.13. The van der Waals surface area contributed by atoms with E-state index in [1.165, 1.54) is 11.9 Å². The minimum absolute atomic E-state index is 0.00743. The van der Waals surface area contributed by atoms with Crippen LogP contribution in [0.3, 0.4) is 0 Å². The predicted octanol–water partition coefficient (Wildman–Crippen LogP) is 3.81. The molecule has 0 saturated heterocycles. The molecule has 30 heavy (non-hydrogen) atoms. The van der Waals surface area contributed by atoms with Crippen molar-refractivity contribution < 1.29 is 13.2 Å². The Balaban J connectivity index is 0.00000101. The van der Waals surface area contributed by atoms with Gasteiger partial charge in [0.25, 0.3) is 0 Å². The quantitative estimate of drug-likeness (QED) is 0.678. The third-order valence-corrected chi connectivity index (χ3v) is 5.59. The molecule has 8 heteroatoms. The zero-order valence-corrected chi connectivity index (χ0v) is 18.1. The number of sulfonamides is 1. The molecule has 0 radical (unpaired) electrons. The van der Waals surface area contributed by atoms with E-state index in [0.717, 1.165) is 42.5 Å². The Hall–Kier alpha value is -2.84. The average molecular weight is 429 g/mol. The van der Waals surface area contributed by atoms with Crippen molar-refractivity contribution in [3.8, 4) is 11.1 Å². The number of carbonyl (C=O) groups is 1. The number of aliphatic imine (C=N–C) groups is 1. The molecule has 7 nitrogen and oxygen atoms in total. The molecule has 2 heterocycles. The summed E-state index contributed by atoms with van der Waals surface area (Å²) in [7, 11) is -3.79. The summed E-state index contributed by atoms with van der Waals surface area (Å²) >= 11 is 0. The number of amides is 1. The summed E-state index contributed by atoms with van der Waals surface area (Å²) in [6.45, 7) is 4.36. The number of carbonyl (C=O) groups excluding carboxylic acids is 1. The van der Waals surface area contributed by atoms with E-state index in [-0.39, 0.29) is 11.3 Å². The maximum absolute atomic E-state index is 11.6. The second-order valence-corrected chi connectivity index (χ2v) is 8.53. The summed E-state index contributed by atoms with van der Waals surface area (Å²) in [5, 5.41) is 5.23. The lowest BCUT2D eigenvalue weighted by molar-refractivity contribution is -0.106. The van der Waals surface area contributed by atoms with Gasteiger partial charge in [0.15, 0.2) is 0 Å². The Kier molecular flexibility index (Phi) is 8.44. The Bertz CT molecular complexity index is 1050. The fourth-order valence-corrected chi connectivity index (χ4v) is 3.83. The van der Waals surface area contributed by atoms with Crippen LogP contribution in [0.1, 0.15) is 45.1 Å². The summed E-state index contributed by atoms with van der Waals surface area (Å²) in [5.41, 5.74) is 8.93. The topological polar surface area (TPSA) is 128 Å². The first kappa shape index (κ1) is 23.4. The molecule has 1 amide bonds. The van der Waals surface area contributed by atoms with Crippen molar-refractivity contribution in [1.82, 2.24) is 4.98 Å². The molecule has 4 N–H and O–H groups in total. The van der Waals surface area contributed by atoms with Crippen molar-refractivity contribution in [2.24, 2.45) is 21.8 Å². The number of benzene rings is 1. The minimum Gasteiger partial charge on any atom is -0.372 e. The number of primary sulfonamides is 1. The van der Waals surface area contributed by atoms with Crippen molar-refractivity contribution in [1.29, 1.82) is 0 Å². The largest absolute Gasteiger partial charge is 0.372 e. The van der Waals surface area contributed by atoms with Crippen molar-refractivity contribution >= 4 is 33.9 Å². The van der Waals surface area contributed by atoms with Crippen molar-refractivity contribution in [2.45, 2.75) is 44.4 Å². The first-order valence-electron chi connectivity index (χ1n) is 9.87. The number of nitrogens with two attached hydrogens (primary N) is 2.